The van der Waals surface area contributed by atoms with E-state index >= 15 is 0 Å². The van der Waals surface area contributed by atoms with E-state index in [1.807, 2.05) is 54.6 Å². The first-order valence-corrected chi connectivity index (χ1v) is 15.5. The number of ether oxygens (including phenoxy) is 1. The SMILES string of the molecule is C[As](Cc1cccc(F)c1Cl)[C@@H](COC(=O)Nc1cc2ccccc2cn1)Cc1ccccn1. The van der Waals surface area contributed by atoms with E-state index in [0.717, 1.165) is 22.0 Å². The Balaban J connectivity index is 1.43. The van der Waals surface area contributed by atoms with Gasteiger partial charge in [0.2, 0.25) is 0 Å². The Kier molecular flexibility index (Phi) is 8.15. The maximum absolute atomic E-state index is 13.9. The fourth-order valence-corrected chi connectivity index (χ4v) is 7.99. The van der Waals surface area contributed by atoms with Gasteiger partial charge in [0.05, 0.1) is 0 Å². The third-order valence-electron chi connectivity index (χ3n) is 5.51. The van der Waals surface area contributed by atoms with E-state index in [0.29, 0.717) is 17.4 Å². The van der Waals surface area contributed by atoms with Crippen LogP contribution in [0, 0.1) is 5.82 Å². The van der Waals surface area contributed by atoms with Crippen molar-refractivity contribution in [3.63, 3.8) is 0 Å². The number of benzene rings is 2. The summed E-state index contributed by atoms with van der Waals surface area (Å²) in [6.45, 7) is 0.236. The zero-order valence-corrected chi connectivity index (χ0v) is 21.3. The van der Waals surface area contributed by atoms with E-state index in [-0.39, 0.29) is 16.3 Å². The van der Waals surface area contributed by atoms with Crippen molar-refractivity contribution in [1.82, 2.24) is 9.97 Å². The summed E-state index contributed by atoms with van der Waals surface area (Å²) in [5.41, 5.74) is 3.91. The summed E-state index contributed by atoms with van der Waals surface area (Å²) < 4.78 is 19.6. The van der Waals surface area contributed by atoms with Crippen LogP contribution in [0.4, 0.5) is 15.0 Å². The van der Waals surface area contributed by atoms with Crippen molar-refractivity contribution in [2.75, 3.05) is 11.9 Å². The molecule has 34 heavy (non-hydrogen) atoms. The number of hydrogen-bond acceptors (Lipinski definition) is 4. The molecule has 2 heterocycles. The summed E-state index contributed by atoms with van der Waals surface area (Å²) in [5, 5.41) is 5.55. The third-order valence-corrected chi connectivity index (χ3v) is 11.0. The Morgan fingerprint density at radius 1 is 1.09 bits per heavy atom. The van der Waals surface area contributed by atoms with Crippen LogP contribution in [0.15, 0.2) is 79.1 Å². The van der Waals surface area contributed by atoms with Crippen LogP contribution < -0.4 is 5.32 Å². The number of fused-ring (bicyclic) bond motifs is 1. The van der Waals surface area contributed by atoms with E-state index in [4.69, 9.17) is 16.3 Å². The summed E-state index contributed by atoms with van der Waals surface area (Å²) in [6.07, 6.45) is 3.58. The van der Waals surface area contributed by atoms with Gasteiger partial charge in [0, 0.05) is 0 Å². The number of aromatic nitrogens is 2. The Morgan fingerprint density at radius 3 is 2.68 bits per heavy atom. The second-order valence-corrected chi connectivity index (χ2v) is 13.7. The number of hydrogen-bond donors (Lipinski definition) is 1. The van der Waals surface area contributed by atoms with Crippen LogP contribution in [-0.4, -0.2) is 37.3 Å². The number of pyridine rings is 2. The summed E-state index contributed by atoms with van der Waals surface area (Å²) >= 11 is 4.56. The molecule has 0 aliphatic carbocycles. The number of carbonyl (C=O) groups is 1. The van der Waals surface area contributed by atoms with Crippen LogP contribution in [-0.2, 0) is 16.4 Å². The van der Waals surface area contributed by atoms with Gasteiger partial charge in [0.25, 0.3) is 0 Å². The third kappa shape index (κ3) is 6.34. The minimum atomic E-state index is -1.63. The molecule has 0 bridgehead atoms. The first kappa shape index (κ1) is 24.2. The fourth-order valence-electron chi connectivity index (χ4n) is 3.64. The van der Waals surface area contributed by atoms with Gasteiger partial charge in [-0.05, 0) is 0 Å². The molecule has 1 amide bonds. The van der Waals surface area contributed by atoms with E-state index < -0.39 is 26.6 Å². The molecular formula is C26H24AsClFN3O2. The van der Waals surface area contributed by atoms with Crippen LogP contribution in [0.1, 0.15) is 11.3 Å². The molecule has 0 spiro atoms. The monoisotopic (exact) mass is 539 g/mol. The molecule has 5 nitrogen and oxygen atoms in total. The van der Waals surface area contributed by atoms with Crippen LogP contribution in [0.3, 0.4) is 0 Å². The van der Waals surface area contributed by atoms with Crippen LogP contribution >= 0.6 is 11.6 Å². The number of halogens is 2. The number of anilines is 1. The molecule has 0 fully saturated rings. The number of rotatable bonds is 8. The molecule has 0 saturated heterocycles. The molecule has 0 radical (unpaired) electrons. The Morgan fingerprint density at radius 2 is 1.88 bits per heavy atom. The van der Waals surface area contributed by atoms with Gasteiger partial charge in [-0.3, -0.25) is 0 Å². The summed E-state index contributed by atoms with van der Waals surface area (Å²) in [5.74, 6) is 0.0174. The number of amides is 1. The predicted octanol–water partition coefficient (Wildman–Crippen LogP) is 6.49. The molecule has 2 atom stereocenters. The van der Waals surface area contributed by atoms with Gasteiger partial charge >= 0.3 is 208 Å². The van der Waals surface area contributed by atoms with Crippen LogP contribution in [0.5, 0.6) is 0 Å². The van der Waals surface area contributed by atoms with Crippen molar-refractivity contribution in [3.05, 3.63) is 101 Å². The molecule has 2 aromatic carbocycles. The molecule has 4 aromatic rings. The molecule has 174 valence electrons. The predicted molar refractivity (Wildman–Crippen MR) is 135 cm³/mol. The topological polar surface area (TPSA) is 64.1 Å². The first-order chi connectivity index (χ1) is 16.5. The van der Waals surface area contributed by atoms with E-state index in [9.17, 15) is 9.18 Å². The Hall–Kier alpha value is -2.95. The molecule has 4 rings (SSSR count). The molecule has 1 N–H and O–H groups in total. The van der Waals surface area contributed by atoms with E-state index in [1.54, 1.807) is 18.5 Å². The number of nitrogens with one attached hydrogen (secondary N) is 1. The van der Waals surface area contributed by atoms with E-state index in [1.165, 1.54) is 6.07 Å². The molecule has 1 unspecified atom stereocenters. The number of carbonyl (C=O) groups excluding carboxylic acids is 1. The van der Waals surface area contributed by atoms with Crippen molar-refractivity contribution >= 4 is 48.9 Å². The quantitative estimate of drug-likeness (QED) is 0.260. The summed E-state index contributed by atoms with van der Waals surface area (Å²) in [6, 6.07) is 20.3. The molecule has 8 heteroatoms. The first-order valence-electron chi connectivity index (χ1n) is 10.8. The zero-order valence-electron chi connectivity index (χ0n) is 18.6. The van der Waals surface area contributed by atoms with Crippen molar-refractivity contribution < 1.29 is 13.9 Å². The van der Waals surface area contributed by atoms with Crippen molar-refractivity contribution in [2.45, 2.75) is 22.0 Å². The van der Waals surface area contributed by atoms with Crippen LogP contribution in [0.2, 0.25) is 15.4 Å². The molecule has 0 aliphatic rings. The summed E-state index contributed by atoms with van der Waals surface area (Å²) in [7, 11) is 0. The van der Waals surface area contributed by atoms with Crippen molar-refractivity contribution in [3.8, 4) is 0 Å². The second kappa shape index (κ2) is 11.5. The average molecular weight is 540 g/mol. The summed E-state index contributed by atoms with van der Waals surface area (Å²) in [4.78, 5) is 21.3. The van der Waals surface area contributed by atoms with Gasteiger partial charge < -0.3 is 0 Å². The molecule has 2 aromatic heterocycles. The van der Waals surface area contributed by atoms with Gasteiger partial charge in [-0.2, -0.15) is 0 Å². The maximum atomic E-state index is 13.9. The van der Waals surface area contributed by atoms with Gasteiger partial charge in [0.1, 0.15) is 0 Å². The number of nitrogens with zero attached hydrogens (tertiary/aromatic N) is 2. The normalized spacial score (nSPS) is 12.8. The van der Waals surface area contributed by atoms with Gasteiger partial charge in [-0.25, -0.2) is 0 Å². The minimum absolute atomic E-state index is 0.0945. The standard InChI is InChI=1S/C26H24AsClFN3O2/c1-27(15-19-9-6-11-23(29)25(19)28)21(14-22-10-4-5-12-30-22)17-34-26(33)32-24-13-18-7-2-3-8-20(18)16-31-24/h2-13,16,21H,14-15,17H2,1H3,(H,31,32,33)/t21-,27?/m1/s1. The fraction of sp³-hybridized carbons (Fsp3) is 0.192. The average Bonchev–Trinajstić information content (AvgIpc) is 2.85. The second-order valence-electron chi connectivity index (χ2n) is 7.95. The Bertz CT molecular complexity index is 1280. The molecule has 0 saturated carbocycles. The van der Waals surface area contributed by atoms with Gasteiger partial charge in [-0.15, -0.1) is 0 Å². The van der Waals surface area contributed by atoms with E-state index in [2.05, 4.69) is 21.0 Å². The van der Waals surface area contributed by atoms with Crippen LogP contribution in [0.25, 0.3) is 10.8 Å². The van der Waals surface area contributed by atoms with Crippen molar-refractivity contribution in [1.29, 1.82) is 0 Å². The van der Waals surface area contributed by atoms with Gasteiger partial charge in [0.15, 0.2) is 0 Å². The molecular weight excluding hydrogens is 516 g/mol. The zero-order chi connectivity index (χ0) is 23.9. The molecule has 0 aliphatic heterocycles. The Labute approximate surface area is 207 Å². The van der Waals surface area contributed by atoms with Crippen molar-refractivity contribution in [2.24, 2.45) is 0 Å². The van der Waals surface area contributed by atoms with Gasteiger partial charge in [-0.1, -0.05) is 0 Å².